The Kier molecular flexibility index (Phi) is 5.68. The Bertz CT molecular complexity index is 352. The molecule has 0 aromatic heterocycles. The Morgan fingerprint density at radius 3 is 1.65 bits per heavy atom. The van der Waals surface area contributed by atoms with Gasteiger partial charge in [-0.3, -0.25) is 0 Å². The molecule has 0 saturated heterocycles. The summed E-state index contributed by atoms with van der Waals surface area (Å²) in [5, 5.41) is 0. The van der Waals surface area contributed by atoms with Crippen LogP contribution >= 0.6 is 0 Å². The summed E-state index contributed by atoms with van der Waals surface area (Å²) in [4.78, 5) is 0. The Balaban J connectivity index is 0.00000256. The van der Waals surface area contributed by atoms with E-state index in [2.05, 4.69) is 74.7 Å². The molecular formula is C13H24LiNSi2. The van der Waals surface area contributed by atoms with E-state index in [1.807, 2.05) is 0 Å². The third-order valence-corrected chi connectivity index (χ3v) is 9.76. The normalized spacial score (nSPS) is 11.9. The fourth-order valence-corrected chi connectivity index (χ4v) is 12.4. The van der Waals surface area contributed by atoms with Crippen molar-refractivity contribution >= 4 is 22.2 Å². The molecule has 1 nitrogen and oxygen atoms in total. The van der Waals surface area contributed by atoms with E-state index < -0.39 is 16.5 Å². The van der Waals surface area contributed by atoms with Gasteiger partial charge in [0.1, 0.15) is 16.5 Å². The van der Waals surface area contributed by atoms with Gasteiger partial charge in [0.15, 0.2) is 0 Å². The molecule has 0 spiro atoms. The van der Waals surface area contributed by atoms with Crippen LogP contribution < -0.4 is 23.1 Å². The van der Waals surface area contributed by atoms with Crippen LogP contribution in [-0.4, -0.2) is 16.5 Å². The van der Waals surface area contributed by atoms with Crippen LogP contribution in [0.15, 0.2) is 24.3 Å². The average molecular weight is 257 g/mol. The maximum absolute atomic E-state index is 4.17. The monoisotopic (exact) mass is 257 g/mol. The Morgan fingerprint density at radius 1 is 0.882 bits per heavy atom. The zero-order valence-electron chi connectivity index (χ0n) is 12.5. The molecule has 90 valence electrons. The molecule has 1 aromatic rings. The molecule has 0 unspecified atom stereocenters. The molecule has 0 radical (unpaired) electrons. The molecule has 0 aliphatic carbocycles. The van der Waals surface area contributed by atoms with Crippen molar-refractivity contribution in [3.8, 4) is 0 Å². The molecule has 0 saturated carbocycles. The number of hydrogen-bond donors (Lipinski definition) is 0. The molecule has 1 rings (SSSR count). The van der Waals surface area contributed by atoms with Gasteiger partial charge in [-0.1, -0.05) is 57.1 Å². The third-order valence-electron chi connectivity index (χ3n) is 2.57. The summed E-state index contributed by atoms with van der Waals surface area (Å²) in [5.41, 5.74) is 2.51. The summed E-state index contributed by atoms with van der Waals surface area (Å²) in [6, 6.07) is 8.52. The number of benzene rings is 1. The van der Waals surface area contributed by atoms with Crippen LogP contribution in [0.5, 0.6) is 0 Å². The fourth-order valence-electron chi connectivity index (χ4n) is 2.46. The number of anilines is 1. The Labute approximate surface area is 121 Å². The minimum atomic E-state index is -1.34. The Morgan fingerprint density at radius 2 is 1.29 bits per heavy atom. The summed E-state index contributed by atoms with van der Waals surface area (Å²) >= 11 is 0. The van der Waals surface area contributed by atoms with Crippen molar-refractivity contribution in [2.45, 2.75) is 39.3 Å². The largest absolute Gasteiger partial charge is 1.00 e. The maximum Gasteiger partial charge on any atom is 1.00 e. The second kappa shape index (κ2) is 5.71. The summed E-state index contributed by atoms with van der Waals surface area (Å²) < 4.78 is 2.71. The van der Waals surface area contributed by atoms with Crippen molar-refractivity contribution in [3.63, 3.8) is 0 Å². The molecule has 0 N–H and O–H groups in total. The van der Waals surface area contributed by atoms with Gasteiger partial charge in [-0.15, -0.1) is 6.07 Å². The number of nitrogens with zero attached hydrogens (tertiary/aromatic N) is 1. The van der Waals surface area contributed by atoms with Crippen LogP contribution in [0, 0.1) is 6.92 Å². The van der Waals surface area contributed by atoms with Crippen molar-refractivity contribution in [1.82, 2.24) is 0 Å². The van der Waals surface area contributed by atoms with E-state index in [-0.39, 0.29) is 18.9 Å². The predicted octanol–water partition coefficient (Wildman–Crippen LogP) is 1.35. The van der Waals surface area contributed by atoms with Gasteiger partial charge in [-0.25, -0.2) is 0 Å². The van der Waals surface area contributed by atoms with E-state index >= 15 is 0 Å². The first-order chi connectivity index (χ1) is 7.14. The van der Waals surface area contributed by atoms with E-state index in [0.717, 1.165) is 5.56 Å². The van der Waals surface area contributed by atoms with Gasteiger partial charge in [-0.05, 0) is 0 Å². The van der Waals surface area contributed by atoms with Crippen molar-refractivity contribution < 1.29 is 18.9 Å². The van der Waals surface area contributed by atoms with E-state index in [1.165, 1.54) is 5.69 Å². The zero-order chi connectivity index (χ0) is 12.6. The van der Waals surface area contributed by atoms with Gasteiger partial charge in [0, 0.05) is 0 Å². The van der Waals surface area contributed by atoms with Crippen LogP contribution in [-0.2, 0) is 0 Å². The van der Waals surface area contributed by atoms with Crippen molar-refractivity contribution in [2.75, 3.05) is 4.23 Å². The third kappa shape index (κ3) is 4.26. The van der Waals surface area contributed by atoms with Crippen LogP contribution in [0.3, 0.4) is 0 Å². The number of rotatable bonds is 3. The molecule has 0 atom stereocenters. The minimum absolute atomic E-state index is 0. The average Bonchev–Trinajstić information content (AvgIpc) is 2.03. The minimum Gasteiger partial charge on any atom is -0.479 e. The smallest absolute Gasteiger partial charge is 0.479 e. The number of para-hydroxylation sites is 1. The standard InChI is InChI=1S/C13H24NSi2.Li/c1-12-10-8-9-11-13(12)14(15(2,3)4)16(5,6)7;/h8-11H,1H2,2-7H3;/q-1;+1. The van der Waals surface area contributed by atoms with Crippen molar-refractivity contribution in [2.24, 2.45) is 0 Å². The molecule has 0 aliphatic rings. The first kappa shape index (κ1) is 16.9. The van der Waals surface area contributed by atoms with Gasteiger partial charge >= 0.3 is 18.9 Å². The molecule has 0 bridgehead atoms. The quantitative estimate of drug-likeness (QED) is 0.584. The molecule has 17 heavy (non-hydrogen) atoms. The first-order valence-electron chi connectivity index (χ1n) is 5.85. The van der Waals surface area contributed by atoms with E-state index in [4.69, 9.17) is 0 Å². The second-order valence-electron chi connectivity index (χ2n) is 6.31. The van der Waals surface area contributed by atoms with Gasteiger partial charge in [0.05, 0.1) is 0 Å². The summed E-state index contributed by atoms with van der Waals surface area (Å²) in [7, 11) is -2.68. The van der Waals surface area contributed by atoms with Crippen LogP contribution in [0.4, 0.5) is 5.69 Å². The van der Waals surface area contributed by atoms with Crippen molar-refractivity contribution in [3.05, 3.63) is 36.8 Å². The molecular weight excluding hydrogens is 233 g/mol. The topological polar surface area (TPSA) is 3.24 Å². The van der Waals surface area contributed by atoms with Gasteiger partial charge in [0.25, 0.3) is 0 Å². The van der Waals surface area contributed by atoms with E-state index in [9.17, 15) is 0 Å². The predicted molar refractivity (Wildman–Crippen MR) is 80.1 cm³/mol. The summed E-state index contributed by atoms with van der Waals surface area (Å²) in [5.74, 6) is 0. The van der Waals surface area contributed by atoms with Crippen LogP contribution in [0.1, 0.15) is 5.56 Å². The SMILES string of the molecule is [CH2-]c1ccccc1N([Si](C)(C)C)[Si](C)(C)C.[Li+]. The van der Waals surface area contributed by atoms with Gasteiger partial charge in [-0.2, -0.15) is 18.6 Å². The molecule has 0 aliphatic heterocycles. The van der Waals surface area contributed by atoms with Gasteiger partial charge < -0.3 is 4.23 Å². The van der Waals surface area contributed by atoms with E-state index in [1.54, 1.807) is 0 Å². The summed E-state index contributed by atoms with van der Waals surface area (Å²) in [6.07, 6.45) is 0. The first-order valence-corrected chi connectivity index (χ1v) is 12.7. The zero-order valence-corrected chi connectivity index (χ0v) is 14.5. The second-order valence-corrected chi connectivity index (χ2v) is 16.3. The van der Waals surface area contributed by atoms with Crippen LogP contribution in [0.2, 0.25) is 39.3 Å². The Hall–Kier alpha value is -0.0788. The van der Waals surface area contributed by atoms with Gasteiger partial charge in [0.2, 0.25) is 0 Å². The maximum atomic E-state index is 4.17. The number of hydrogen-bond acceptors (Lipinski definition) is 1. The van der Waals surface area contributed by atoms with Crippen molar-refractivity contribution in [1.29, 1.82) is 0 Å². The molecule has 0 fully saturated rings. The molecule has 0 heterocycles. The van der Waals surface area contributed by atoms with Crippen LogP contribution in [0.25, 0.3) is 0 Å². The molecule has 0 amide bonds. The van der Waals surface area contributed by atoms with E-state index in [0.29, 0.717) is 0 Å². The molecule has 4 heteroatoms. The fraction of sp³-hybridized carbons (Fsp3) is 0.462. The molecule has 1 aromatic carbocycles. The summed E-state index contributed by atoms with van der Waals surface area (Å²) in [6.45, 7) is 18.7.